The average molecular weight is 454 g/mol. The van der Waals surface area contributed by atoms with Crippen molar-refractivity contribution in [2.24, 2.45) is 0 Å². The third-order valence-electron chi connectivity index (χ3n) is 4.33. The minimum Gasteiger partial charge on any atom is -0.475 e. The highest BCUT2D eigenvalue weighted by molar-refractivity contribution is 7.90. The number of carboxylic acids is 1. The van der Waals surface area contributed by atoms with Gasteiger partial charge < -0.3 is 10.1 Å². The van der Waals surface area contributed by atoms with Gasteiger partial charge in [-0.15, -0.1) is 0 Å². The fourth-order valence-electron chi connectivity index (χ4n) is 2.59. The zero-order valence-electron chi connectivity index (χ0n) is 16.1. The maximum atomic E-state index is 11.7. The molecule has 4 rings (SSSR count). The lowest BCUT2D eigenvalue weighted by Gasteiger charge is -2.05. The molecule has 2 N–H and O–H groups in total. The van der Waals surface area contributed by atoms with Crippen LogP contribution in [0.1, 0.15) is 24.5 Å². The Morgan fingerprint density at radius 2 is 1.81 bits per heavy atom. The number of rotatable bonds is 4. The van der Waals surface area contributed by atoms with Gasteiger partial charge in [0.1, 0.15) is 5.69 Å². The number of H-pyrrole nitrogens is 1. The zero-order chi connectivity index (χ0) is 22.8. The van der Waals surface area contributed by atoms with Gasteiger partial charge in [-0.1, -0.05) is 0 Å². The highest BCUT2D eigenvalue weighted by Crippen LogP contribution is 2.39. The van der Waals surface area contributed by atoms with Crippen LogP contribution in [-0.2, 0) is 14.6 Å². The van der Waals surface area contributed by atoms with Gasteiger partial charge in [-0.25, -0.2) is 18.2 Å². The fraction of sp³-hybridized carbons (Fsp3) is 0.263. The van der Waals surface area contributed by atoms with Gasteiger partial charge in [0.25, 0.3) is 0 Å². The Hall–Kier alpha value is -3.28. The summed E-state index contributed by atoms with van der Waals surface area (Å²) in [6.07, 6.45) is 5.07. The number of imidazole rings is 1. The first kappa shape index (κ1) is 22.4. The first-order valence-corrected chi connectivity index (χ1v) is 10.8. The molecule has 0 aliphatic heterocycles. The normalized spacial score (nSPS) is 13.9. The molecule has 164 valence electrons. The third-order valence-corrected chi connectivity index (χ3v) is 5.41. The number of pyridine rings is 2. The van der Waals surface area contributed by atoms with E-state index >= 15 is 0 Å². The topological polar surface area (TPSA) is 126 Å². The Balaban J connectivity index is 0.000000339. The lowest BCUT2D eigenvalue weighted by Crippen LogP contribution is -2.21. The van der Waals surface area contributed by atoms with E-state index in [1.807, 2.05) is 18.3 Å². The van der Waals surface area contributed by atoms with E-state index < -0.39 is 22.0 Å². The molecule has 0 unspecified atom stereocenters. The molecule has 0 atom stereocenters. The van der Waals surface area contributed by atoms with Crippen LogP contribution in [0.4, 0.5) is 13.2 Å². The number of alkyl halides is 3. The molecular weight excluding hydrogens is 437 g/mol. The van der Waals surface area contributed by atoms with Crippen LogP contribution in [0, 0.1) is 0 Å². The van der Waals surface area contributed by atoms with Crippen molar-refractivity contribution in [2.75, 3.05) is 6.26 Å². The lowest BCUT2D eigenvalue weighted by molar-refractivity contribution is -0.192. The molecule has 31 heavy (non-hydrogen) atoms. The zero-order valence-corrected chi connectivity index (χ0v) is 16.9. The number of sulfone groups is 1. The summed E-state index contributed by atoms with van der Waals surface area (Å²) in [5, 5.41) is 7.12. The number of nitrogens with one attached hydrogen (secondary N) is 1. The Bertz CT molecular complexity index is 1200. The first-order chi connectivity index (χ1) is 14.4. The second-order valence-corrected chi connectivity index (χ2v) is 8.89. The van der Waals surface area contributed by atoms with E-state index in [0.717, 1.165) is 28.3 Å². The molecular formula is C19H17F3N4O4S. The number of carboxylic acid groups (broad SMARTS) is 1. The number of aromatic amines is 1. The van der Waals surface area contributed by atoms with E-state index in [-0.39, 0.29) is 4.90 Å². The number of nitrogens with zero attached hydrogens (tertiary/aromatic N) is 3. The van der Waals surface area contributed by atoms with Crippen molar-refractivity contribution in [3.05, 3.63) is 48.7 Å². The Labute approximate surface area is 175 Å². The maximum absolute atomic E-state index is 11.7. The van der Waals surface area contributed by atoms with E-state index in [0.29, 0.717) is 5.92 Å². The van der Waals surface area contributed by atoms with Crippen molar-refractivity contribution in [3.8, 4) is 22.6 Å². The number of halogens is 3. The van der Waals surface area contributed by atoms with Crippen LogP contribution in [0.25, 0.3) is 22.6 Å². The molecule has 8 nitrogen and oxygen atoms in total. The van der Waals surface area contributed by atoms with Crippen molar-refractivity contribution in [3.63, 3.8) is 0 Å². The number of carbonyl (C=O) groups is 1. The van der Waals surface area contributed by atoms with Crippen LogP contribution < -0.4 is 0 Å². The quantitative estimate of drug-likeness (QED) is 0.618. The van der Waals surface area contributed by atoms with Crippen molar-refractivity contribution >= 4 is 15.8 Å². The van der Waals surface area contributed by atoms with Crippen molar-refractivity contribution < 1.29 is 31.5 Å². The summed E-state index contributed by atoms with van der Waals surface area (Å²) in [6, 6.07) is 5.34. The molecule has 3 aromatic rings. The Morgan fingerprint density at radius 3 is 2.39 bits per heavy atom. The van der Waals surface area contributed by atoms with Gasteiger partial charge in [0.2, 0.25) is 0 Å². The predicted molar refractivity (Wildman–Crippen MR) is 104 cm³/mol. The molecule has 0 bridgehead atoms. The number of hydrogen-bond donors (Lipinski definition) is 2. The average Bonchev–Trinajstić information content (AvgIpc) is 3.44. The van der Waals surface area contributed by atoms with Crippen LogP contribution in [0.15, 0.2) is 47.9 Å². The minimum absolute atomic E-state index is 0.201. The number of aliphatic carboxylic acids is 1. The smallest absolute Gasteiger partial charge is 0.475 e. The van der Waals surface area contributed by atoms with Gasteiger partial charge in [-0.05, 0) is 36.6 Å². The summed E-state index contributed by atoms with van der Waals surface area (Å²) < 4.78 is 55.2. The van der Waals surface area contributed by atoms with E-state index in [1.54, 1.807) is 18.5 Å². The van der Waals surface area contributed by atoms with E-state index in [9.17, 15) is 21.6 Å². The Morgan fingerprint density at radius 1 is 1.13 bits per heavy atom. The standard InChI is InChI=1S/C17H16N4O2S.C2HF3O2/c1-24(22,23)14-6-13(8-18-9-14)12-4-5-19-15(7-12)17-20-10-16(21-17)11-2-3-11;3-2(4,5)1(6)7/h4-11H,2-3H2,1H3,(H,20,21);(H,6,7). The van der Waals surface area contributed by atoms with Gasteiger partial charge in [0.05, 0.1) is 4.90 Å². The van der Waals surface area contributed by atoms with Crippen LogP contribution in [0.5, 0.6) is 0 Å². The van der Waals surface area contributed by atoms with Crippen molar-refractivity contribution in [2.45, 2.75) is 29.8 Å². The molecule has 3 aromatic heterocycles. The molecule has 3 heterocycles. The molecule has 0 saturated heterocycles. The fourth-order valence-corrected chi connectivity index (χ4v) is 3.18. The molecule has 1 aliphatic rings. The third kappa shape index (κ3) is 5.87. The monoisotopic (exact) mass is 454 g/mol. The summed E-state index contributed by atoms with van der Waals surface area (Å²) in [5.41, 5.74) is 3.46. The van der Waals surface area contributed by atoms with E-state index in [2.05, 4.69) is 19.9 Å². The van der Waals surface area contributed by atoms with Gasteiger partial charge in [-0.3, -0.25) is 9.97 Å². The minimum atomic E-state index is -5.08. The molecule has 1 fully saturated rings. The summed E-state index contributed by atoms with van der Waals surface area (Å²) in [5.74, 6) is -1.43. The molecule has 0 amide bonds. The van der Waals surface area contributed by atoms with Crippen LogP contribution in [0.2, 0.25) is 0 Å². The lowest BCUT2D eigenvalue weighted by atomic mass is 10.1. The van der Waals surface area contributed by atoms with Crippen molar-refractivity contribution in [1.29, 1.82) is 0 Å². The molecule has 12 heteroatoms. The first-order valence-electron chi connectivity index (χ1n) is 8.92. The van der Waals surface area contributed by atoms with Gasteiger partial charge in [-0.2, -0.15) is 13.2 Å². The van der Waals surface area contributed by atoms with E-state index in [4.69, 9.17) is 9.90 Å². The van der Waals surface area contributed by atoms with Gasteiger partial charge in [0, 0.05) is 48.2 Å². The maximum Gasteiger partial charge on any atom is 0.490 e. The molecule has 0 radical (unpaired) electrons. The summed E-state index contributed by atoms with van der Waals surface area (Å²) in [4.78, 5) is 25.2. The summed E-state index contributed by atoms with van der Waals surface area (Å²) in [7, 11) is -3.29. The Kier molecular flexibility index (Phi) is 6.11. The number of aromatic nitrogens is 4. The molecule has 1 saturated carbocycles. The second-order valence-electron chi connectivity index (χ2n) is 6.88. The largest absolute Gasteiger partial charge is 0.490 e. The molecule has 0 aromatic carbocycles. The summed E-state index contributed by atoms with van der Waals surface area (Å²) >= 11 is 0. The highest BCUT2D eigenvalue weighted by Gasteiger charge is 2.38. The summed E-state index contributed by atoms with van der Waals surface area (Å²) in [6.45, 7) is 0. The van der Waals surface area contributed by atoms with Crippen LogP contribution in [-0.4, -0.2) is 51.9 Å². The second kappa shape index (κ2) is 8.46. The van der Waals surface area contributed by atoms with Gasteiger partial charge in [0.15, 0.2) is 15.7 Å². The SMILES string of the molecule is CS(=O)(=O)c1cncc(-c2ccnc(-c3ncc(C4CC4)[nH]3)c2)c1.O=C(O)C(F)(F)F. The van der Waals surface area contributed by atoms with Crippen LogP contribution >= 0.6 is 0 Å². The van der Waals surface area contributed by atoms with Gasteiger partial charge >= 0.3 is 12.1 Å². The van der Waals surface area contributed by atoms with E-state index in [1.165, 1.54) is 25.3 Å². The van der Waals surface area contributed by atoms with Crippen LogP contribution in [0.3, 0.4) is 0 Å². The molecule has 0 spiro atoms. The number of hydrogen-bond acceptors (Lipinski definition) is 6. The molecule has 1 aliphatic carbocycles. The van der Waals surface area contributed by atoms with Crippen molar-refractivity contribution in [1.82, 2.24) is 19.9 Å². The predicted octanol–water partition coefficient (Wildman–Crippen LogP) is 3.45. The highest BCUT2D eigenvalue weighted by atomic mass is 32.2.